The maximum atomic E-state index is 13.3. The summed E-state index contributed by atoms with van der Waals surface area (Å²) < 4.78 is 18.6. The topological polar surface area (TPSA) is 29.5 Å². The second-order valence-corrected chi connectivity index (χ2v) is 3.29. The fraction of sp³-hybridized carbons (Fsp3) is 0.333. The number of rotatable bonds is 5. The minimum atomic E-state index is -0.799. The molecule has 0 bridgehead atoms. The van der Waals surface area contributed by atoms with Gasteiger partial charge in [0.25, 0.3) is 0 Å². The fourth-order valence-corrected chi connectivity index (χ4v) is 1.20. The van der Waals surface area contributed by atoms with Gasteiger partial charge >= 0.3 is 0 Å². The third-order valence-corrected chi connectivity index (χ3v) is 2.01. The van der Waals surface area contributed by atoms with Gasteiger partial charge < -0.3 is 9.84 Å². The van der Waals surface area contributed by atoms with Crippen LogP contribution in [0.3, 0.4) is 0 Å². The van der Waals surface area contributed by atoms with E-state index in [9.17, 15) is 9.50 Å². The number of ether oxygens (including phenoxy) is 1. The van der Waals surface area contributed by atoms with Crippen LogP contribution in [0, 0.1) is 5.82 Å². The zero-order chi connectivity index (χ0) is 11.3. The largest absolute Gasteiger partial charge is 0.493 e. The molecule has 1 N–H and O–H groups in total. The molecule has 0 fully saturated rings. The first-order valence-corrected chi connectivity index (χ1v) is 4.86. The molecule has 1 rings (SSSR count). The van der Waals surface area contributed by atoms with Crippen LogP contribution in [0.15, 0.2) is 30.9 Å². The summed E-state index contributed by atoms with van der Waals surface area (Å²) >= 11 is 0. The van der Waals surface area contributed by atoms with Gasteiger partial charge in [-0.15, -0.1) is 6.58 Å². The Balaban J connectivity index is 2.69. The highest BCUT2D eigenvalue weighted by molar-refractivity contribution is 5.29. The highest BCUT2D eigenvalue weighted by Gasteiger charge is 2.08. The SMILES string of the molecule is C=CCCOc1ccc([C@@H](C)O)c(F)c1. The minimum Gasteiger partial charge on any atom is -0.493 e. The Labute approximate surface area is 89.0 Å². The molecule has 1 aromatic rings. The smallest absolute Gasteiger partial charge is 0.132 e. The van der Waals surface area contributed by atoms with Gasteiger partial charge in [-0.2, -0.15) is 0 Å². The monoisotopic (exact) mass is 210 g/mol. The van der Waals surface area contributed by atoms with Crippen LogP contribution in [0.5, 0.6) is 5.75 Å². The van der Waals surface area contributed by atoms with E-state index < -0.39 is 11.9 Å². The highest BCUT2D eigenvalue weighted by Crippen LogP contribution is 2.21. The van der Waals surface area contributed by atoms with Crippen LogP contribution in [-0.2, 0) is 0 Å². The first-order valence-electron chi connectivity index (χ1n) is 4.86. The summed E-state index contributed by atoms with van der Waals surface area (Å²) in [6, 6.07) is 4.46. The summed E-state index contributed by atoms with van der Waals surface area (Å²) in [6.07, 6.45) is 1.66. The molecule has 0 amide bonds. The number of halogens is 1. The average Bonchev–Trinajstić information content (AvgIpc) is 2.17. The van der Waals surface area contributed by atoms with Crippen LogP contribution in [-0.4, -0.2) is 11.7 Å². The molecule has 0 radical (unpaired) electrons. The maximum Gasteiger partial charge on any atom is 0.132 e. The second-order valence-electron chi connectivity index (χ2n) is 3.29. The van der Waals surface area contributed by atoms with Crippen molar-refractivity contribution in [1.29, 1.82) is 0 Å². The lowest BCUT2D eigenvalue weighted by atomic mass is 10.1. The van der Waals surface area contributed by atoms with Crippen molar-refractivity contribution in [2.45, 2.75) is 19.4 Å². The molecular weight excluding hydrogens is 195 g/mol. The molecule has 82 valence electrons. The van der Waals surface area contributed by atoms with Crippen LogP contribution >= 0.6 is 0 Å². The zero-order valence-corrected chi connectivity index (χ0v) is 8.74. The van der Waals surface area contributed by atoms with Crippen molar-refractivity contribution in [3.8, 4) is 5.75 Å². The van der Waals surface area contributed by atoms with E-state index in [0.717, 1.165) is 6.42 Å². The molecule has 0 saturated carbocycles. The molecule has 0 aliphatic heterocycles. The minimum absolute atomic E-state index is 0.283. The summed E-state index contributed by atoms with van der Waals surface area (Å²) in [7, 11) is 0. The van der Waals surface area contributed by atoms with Gasteiger partial charge in [0.2, 0.25) is 0 Å². The zero-order valence-electron chi connectivity index (χ0n) is 8.74. The molecule has 0 unspecified atom stereocenters. The van der Waals surface area contributed by atoms with Crippen molar-refractivity contribution in [2.75, 3.05) is 6.61 Å². The molecule has 0 aliphatic carbocycles. The summed E-state index contributed by atoms with van der Waals surface area (Å²) in [5.41, 5.74) is 0.283. The van der Waals surface area contributed by atoms with Crippen LogP contribution < -0.4 is 4.74 Å². The van der Waals surface area contributed by atoms with Gasteiger partial charge in [-0.3, -0.25) is 0 Å². The third kappa shape index (κ3) is 3.36. The van der Waals surface area contributed by atoms with E-state index in [-0.39, 0.29) is 5.56 Å². The van der Waals surface area contributed by atoms with Crippen LogP contribution in [0.2, 0.25) is 0 Å². The summed E-state index contributed by atoms with van der Waals surface area (Å²) in [6.45, 7) is 5.57. The Morgan fingerprint density at radius 2 is 2.33 bits per heavy atom. The Morgan fingerprint density at radius 3 is 2.87 bits per heavy atom. The van der Waals surface area contributed by atoms with E-state index in [1.54, 1.807) is 12.1 Å². The van der Waals surface area contributed by atoms with Gasteiger partial charge in [0, 0.05) is 11.6 Å². The summed E-state index contributed by atoms with van der Waals surface area (Å²) in [5, 5.41) is 9.22. The maximum absolute atomic E-state index is 13.3. The molecule has 15 heavy (non-hydrogen) atoms. The van der Waals surface area contributed by atoms with E-state index in [1.165, 1.54) is 19.1 Å². The summed E-state index contributed by atoms with van der Waals surface area (Å²) in [5.74, 6) is 0.0276. The van der Waals surface area contributed by atoms with Crippen molar-refractivity contribution in [1.82, 2.24) is 0 Å². The van der Waals surface area contributed by atoms with E-state index in [0.29, 0.717) is 12.4 Å². The van der Waals surface area contributed by atoms with Gasteiger partial charge in [0.15, 0.2) is 0 Å². The first-order chi connectivity index (χ1) is 7.15. The Bertz CT molecular complexity index is 334. The summed E-state index contributed by atoms with van der Waals surface area (Å²) in [4.78, 5) is 0. The van der Waals surface area contributed by atoms with Crippen LogP contribution in [0.4, 0.5) is 4.39 Å². The van der Waals surface area contributed by atoms with E-state index in [4.69, 9.17) is 4.74 Å². The lowest BCUT2D eigenvalue weighted by Gasteiger charge is -2.09. The Morgan fingerprint density at radius 1 is 1.60 bits per heavy atom. The van der Waals surface area contributed by atoms with Crippen LogP contribution in [0.1, 0.15) is 25.0 Å². The van der Waals surface area contributed by atoms with Gasteiger partial charge in [0.1, 0.15) is 11.6 Å². The van der Waals surface area contributed by atoms with Crippen molar-refractivity contribution in [3.63, 3.8) is 0 Å². The molecule has 0 spiro atoms. The fourth-order valence-electron chi connectivity index (χ4n) is 1.20. The number of benzene rings is 1. The first kappa shape index (κ1) is 11.7. The molecule has 2 nitrogen and oxygen atoms in total. The molecule has 0 aromatic heterocycles. The third-order valence-electron chi connectivity index (χ3n) is 2.01. The van der Waals surface area contributed by atoms with E-state index in [2.05, 4.69) is 6.58 Å². The Hall–Kier alpha value is -1.35. The van der Waals surface area contributed by atoms with Gasteiger partial charge in [-0.05, 0) is 25.5 Å². The molecular formula is C12H15FO2. The normalized spacial score (nSPS) is 12.2. The van der Waals surface area contributed by atoms with E-state index >= 15 is 0 Å². The van der Waals surface area contributed by atoms with Gasteiger partial charge in [-0.1, -0.05) is 6.08 Å². The van der Waals surface area contributed by atoms with Crippen molar-refractivity contribution in [3.05, 3.63) is 42.2 Å². The van der Waals surface area contributed by atoms with Crippen molar-refractivity contribution >= 4 is 0 Å². The predicted octanol–water partition coefficient (Wildman–Crippen LogP) is 2.83. The second kappa shape index (κ2) is 5.51. The van der Waals surface area contributed by atoms with Crippen molar-refractivity contribution < 1.29 is 14.2 Å². The molecule has 0 saturated heterocycles. The number of aliphatic hydroxyl groups is 1. The number of aliphatic hydroxyl groups excluding tert-OH is 1. The van der Waals surface area contributed by atoms with Gasteiger partial charge in [-0.25, -0.2) is 4.39 Å². The predicted molar refractivity (Wildman–Crippen MR) is 57.3 cm³/mol. The van der Waals surface area contributed by atoms with Crippen molar-refractivity contribution in [2.24, 2.45) is 0 Å². The molecule has 0 heterocycles. The molecule has 1 aromatic carbocycles. The number of hydrogen-bond acceptors (Lipinski definition) is 2. The highest BCUT2D eigenvalue weighted by atomic mass is 19.1. The average molecular weight is 210 g/mol. The standard InChI is InChI=1S/C12H15FO2/c1-3-4-7-15-10-5-6-11(9(2)14)12(13)8-10/h3,5-6,8-9,14H,1,4,7H2,2H3/t9-/m1/s1. The lowest BCUT2D eigenvalue weighted by molar-refractivity contribution is 0.194. The Kier molecular flexibility index (Phi) is 4.31. The molecule has 0 aliphatic rings. The van der Waals surface area contributed by atoms with Crippen LogP contribution in [0.25, 0.3) is 0 Å². The van der Waals surface area contributed by atoms with Gasteiger partial charge in [0.05, 0.1) is 12.7 Å². The van der Waals surface area contributed by atoms with E-state index in [1.807, 2.05) is 0 Å². The number of hydrogen-bond donors (Lipinski definition) is 1. The molecule has 1 atom stereocenters. The molecule has 3 heteroatoms. The lowest BCUT2D eigenvalue weighted by Crippen LogP contribution is -1.99. The quantitative estimate of drug-likeness (QED) is 0.598.